The fourth-order valence-electron chi connectivity index (χ4n) is 2.92. The minimum absolute atomic E-state index is 0.0479. The summed E-state index contributed by atoms with van der Waals surface area (Å²) in [4.78, 5) is 40.1. The zero-order valence-corrected chi connectivity index (χ0v) is 17.1. The molecule has 11 heteroatoms. The second-order valence-corrected chi connectivity index (χ2v) is 6.89. The van der Waals surface area contributed by atoms with Gasteiger partial charge in [-0.1, -0.05) is 0 Å². The van der Waals surface area contributed by atoms with E-state index < -0.39 is 6.04 Å². The number of rotatable bonds is 10. The van der Waals surface area contributed by atoms with Gasteiger partial charge in [0.2, 0.25) is 5.95 Å². The van der Waals surface area contributed by atoms with Crippen molar-refractivity contribution in [3.05, 3.63) is 41.7 Å². The van der Waals surface area contributed by atoms with Crippen LogP contribution in [0.4, 0.5) is 17.5 Å². The molecule has 0 aliphatic heterocycles. The predicted molar refractivity (Wildman–Crippen MR) is 118 cm³/mol. The monoisotopic (exact) mass is 423 g/mol. The van der Waals surface area contributed by atoms with E-state index in [1.165, 1.54) is 0 Å². The van der Waals surface area contributed by atoms with E-state index in [2.05, 4.69) is 35.9 Å². The zero-order chi connectivity index (χ0) is 22.2. The van der Waals surface area contributed by atoms with Crippen molar-refractivity contribution >= 4 is 40.8 Å². The molecule has 0 fully saturated rings. The number of fused-ring (bicyclic) bond motifs is 1. The first kappa shape index (κ1) is 21.8. The molecule has 0 aliphatic carbocycles. The molecule has 0 radical (unpaired) electrons. The average Bonchev–Trinajstić information content (AvgIpc) is 2.77. The maximum Gasteiger partial charge on any atom is 0.251 e. The first-order chi connectivity index (χ1) is 15.0. The van der Waals surface area contributed by atoms with E-state index in [1.807, 2.05) is 7.05 Å². The van der Waals surface area contributed by atoms with Crippen molar-refractivity contribution in [2.24, 2.45) is 0 Å². The third-order valence-electron chi connectivity index (χ3n) is 4.54. The predicted octanol–water partition coefficient (Wildman–Crippen LogP) is 0.493. The highest BCUT2D eigenvalue weighted by molar-refractivity contribution is 5.95. The Hall–Kier alpha value is -3.86. The summed E-state index contributed by atoms with van der Waals surface area (Å²) < 4.78 is 0. The van der Waals surface area contributed by atoms with Crippen molar-refractivity contribution in [2.45, 2.75) is 25.4 Å². The number of nitrogens with one attached hydrogen (secondary N) is 3. The summed E-state index contributed by atoms with van der Waals surface area (Å²) in [7, 11) is 1.84. The highest BCUT2D eigenvalue weighted by Gasteiger charge is 2.13. The fourth-order valence-corrected chi connectivity index (χ4v) is 2.92. The highest BCUT2D eigenvalue weighted by atomic mass is 16.2. The standard InChI is InChI=1S/C20H25N9O2/c1-23-8-2-3-14(11-30)27-19(31)12-4-6-13(7-5-12)24-9-15-10-25-18-16(26-15)17(21)28-20(22)29-18/h4-7,10-11,14,23-24H,2-3,8-9H2,1H3,(H,27,31)(H4,21,22,25,28,29). The van der Waals surface area contributed by atoms with E-state index in [4.69, 9.17) is 11.5 Å². The van der Waals surface area contributed by atoms with Crippen molar-refractivity contribution < 1.29 is 9.59 Å². The smallest absolute Gasteiger partial charge is 0.251 e. The van der Waals surface area contributed by atoms with Gasteiger partial charge in [-0.25, -0.2) is 9.97 Å². The number of hydrogen-bond donors (Lipinski definition) is 5. The fraction of sp³-hybridized carbons (Fsp3) is 0.300. The van der Waals surface area contributed by atoms with Gasteiger partial charge in [-0.2, -0.15) is 9.97 Å². The van der Waals surface area contributed by atoms with Crippen LogP contribution in [0.2, 0.25) is 0 Å². The molecule has 2 heterocycles. The van der Waals surface area contributed by atoms with Crippen LogP contribution < -0.4 is 27.4 Å². The Morgan fingerprint density at radius 2 is 1.94 bits per heavy atom. The molecule has 0 spiro atoms. The number of carbonyl (C=O) groups excluding carboxylic acids is 2. The lowest BCUT2D eigenvalue weighted by Crippen LogP contribution is -2.36. The van der Waals surface area contributed by atoms with Crippen LogP contribution in [0.1, 0.15) is 28.9 Å². The maximum absolute atomic E-state index is 12.4. The van der Waals surface area contributed by atoms with Crippen LogP contribution >= 0.6 is 0 Å². The first-order valence-corrected chi connectivity index (χ1v) is 9.79. The zero-order valence-electron chi connectivity index (χ0n) is 17.1. The summed E-state index contributed by atoms with van der Waals surface area (Å²) in [6.45, 7) is 1.17. The molecule has 3 aromatic rings. The van der Waals surface area contributed by atoms with Crippen LogP contribution in [0.25, 0.3) is 11.2 Å². The molecule has 0 bridgehead atoms. The van der Waals surface area contributed by atoms with Gasteiger partial charge >= 0.3 is 0 Å². The Morgan fingerprint density at radius 1 is 1.16 bits per heavy atom. The lowest BCUT2D eigenvalue weighted by atomic mass is 10.1. The summed E-state index contributed by atoms with van der Waals surface area (Å²) >= 11 is 0. The van der Waals surface area contributed by atoms with Gasteiger partial charge in [-0.05, 0) is 50.7 Å². The Bertz CT molecular complexity index is 1060. The van der Waals surface area contributed by atoms with E-state index in [-0.39, 0.29) is 17.7 Å². The minimum Gasteiger partial charge on any atom is -0.382 e. The molecule has 2 aromatic heterocycles. The van der Waals surface area contributed by atoms with Gasteiger partial charge in [0.05, 0.1) is 24.5 Å². The number of nitrogen functional groups attached to an aromatic ring is 2. The van der Waals surface area contributed by atoms with Gasteiger partial charge in [0.1, 0.15) is 6.29 Å². The summed E-state index contributed by atoms with van der Waals surface area (Å²) in [6.07, 6.45) is 3.73. The van der Waals surface area contributed by atoms with E-state index in [0.29, 0.717) is 35.4 Å². The summed E-state index contributed by atoms with van der Waals surface area (Å²) in [6, 6.07) is 6.43. The summed E-state index contributed by atoms with van der Waals surface area (Å²) in [5.74, 6) is -0.0678. The molecule has 0 saturated heterocycles. The summed E-state index contributed by atoms with van der Waals surface area (Å²) in [5, 5.41) is 8.96. The van der Waals surface area contributed by atoms with Gasteiger partial charge in [-0.15, -0.1) is 0 Å². The molecule has 1 unspecified atom stereocenters. The summed E-state index contributed by atoms with van der Waals surface area (Å²) in [5.41, 5.74) is 14.0. The van der Waals surface area contributed by atoms with Crippen LogP contribution in [0.3, 0.4) is 0 Å². The quantitative estimate of drug-likeness (QED) is 0.228. The Morgan fingerprint density at radius 3 is 2.65 bits per heavy atom. The number of aldehydes is 1. The lowest BCUT2D eigenvalue weighted by Gasteiger charge is -2.13. The van der Waals surface area contributed by atoms with Gasteiger partial charge in [0, 0.05) is 11.3 Å². The van der Waals surface area contributed by atoms with E-state index in [0.717, 1.165) is 24.9 Å². The van der Waals surface area contributed by atoms with Crippen molar-refractivity contribution in [3.63, 3.8) is 0 Å². The van der Waals surface area contributed by atoms with Crippen molar-refractivity contribution in [2.75, 3.05) is 30.4 Å². The molecule has 162 valence electrons. The second kappa shape index (κ2) is 10.3. The molecule has 31 heavy (non-hydrogen) atoms. The largest absolute Gasteiger partial charge is 0.382 e. The van der Waals surface area contributed by atoms with Crippen LogP contribution in [0, 0.1) is 0 Å². The number of nitrogens with zero attached hydrogens (tertiary/aromatic N) is 4. The third-order valence-corrected chi connectivity index (χ3v) is 4.54. The Labute approximate surface area is 179 Å². The molecule has 7 N–H and O–H groups in total. The number of anilines is 3. The SMILES string of the molecule is CNCCCC(C=O)NC(=O)c1ccc(NCc2cnc3nc(N)nc(N)c3n2)cc1. The third kappa shape index (κ3) is 5.82. The molecule has 1 aromatic carbocycles. The number of carbonyl (C=O) groups is 2. The van der Waals surface area contributed by atoms with E-state index in [9.17, 15) is 9.59 Å². The number of aromatic nitrogens is 4. The molecule has 1 atom stereocenters. The molecular weight excluding hydrogens is 398 g/mol. The van der Waals surface area contributed by atoms with Gasteiger partial charge < -0.3 is 32.2 Å². The Kier molecular flexibility index (Phi) is 7.22. The molecular formula is C20H25N9O2. The number of nitrogens with two attached hydrogens (primary N) is 2. The average molecular weight is 423 g/mol. The van der Waals surface area contributed by atoms with Crippen molar-refractivity contribution in [3.8, 4) is 0 Å². The van der Waals surface area contributed by atoms with Crippen molar-refractivity contribution in [1.29, 1.82) is 0 Å². The molecule has 11 nitrogen and oxygen atoms in total. The molecule has 0 aliphatic rings. The first-order valence-electron chi connectivity index (χ1n) is 9.79. The van der Waals surface area contributed by atoms with E-state index >= 15 is 0 Å². The minimum atomic E-state index is -0.503. The van der Waals surface area contributed by atoms with E-state index in [1.54, 1.807) is 30.5 Å². The Balaban J connectivity index is 1.58. The highest BCUT2D eigenvalue weighted by Crippen LogP contribution is 2.16. The normalized spacial score (nSPS) is 11.8. The van der Waals surface area contributed by atoms with Crippen LogP contribution in [0.5, 0.6) is 0 Å². The lowest BCUT2D eigenvalue weighted by molar-refractivity contribution is -0.109. The number of hydrogen-bond acceptors (Lipinski definition) is 10. The maximum atomic E-state index is 12.4. The molecule has 3 rings (SSSR count). The van der Waals surface area contributed by atoms with Crippen LogP contribution in [-0.2, 0) is 11.3 Å². The topological polar surface area (TPSA) is 174 Å². The number of amides is 1. The second-order valence-electron chi connectivity index (χ2n) is 6.89. The molecule has 1 amide bonds. The van der Waals surface area contributed by atoms with Crippen molar-refractivity contribution in [1.82, 2.24) is 30.6 Å². The number of benzene rings is 1. The van der Waals surface area contributed by atoms with Crippen LogP contribution in [-0.4, -0.2) is 51.8 Å². The molecule has 0 saturated carbocycles. The van der Waals surface area contributed by atoms with Crippen LogP contribution in [0.15, 0.2) is 30.5 Å². The van der Waals surface area contributed by atoms with Gasteiger partial charge in [-0.3, -0.25) is 4.79 Å². The van der Waals surface area contributed by atoms with Gasteiger partial charge in [0.15, 0.2) is 17.0 Å². The van der Waals surface area contributed by atoms with Gasteiger partial charge in [0.25, 0.3) is 5.91 Å².